The van der Waals surface area contributed by atoms with E-state index in [4.69, 9.17) is 16.9 Å². The summed E-state index contributed by atoms with van der Waals surface area (Å²) in [6, 6.07) is 6.03. The molecule has 0 aromatic heterocycles. The van der Waals surface area contributed by atoms with Gasteiger partial charge in [-0.3, -0.25) is 0 Å². The fourth-order valence-electron chi connectivity index (χ4n) is 2.02. The summed E-state index contributed by atoms with van der Waals surface area (Å²) in [5.41, 5.74) is 0.273. The van der Waals surface area contributed by atoms with Crippen LogP contribution < -0.4 is 4.72 Å². The molecule has 0 atom stereocenters. The molecule has 0 radical (unpaired) electrons. The highest BCUT2D eigenvalue weighted by Crippen LogP contribution is 2.29. The first-order chi connectivity index (χ1) is 9.03. The molecule has 1 aromatic rings. The molecule has 1 N–H and O–H groups in total. The number of hydrogen-bond acceptors (Lipinski definition) is 3. The number of rotatable bonds is 5. The minimum Gasteiger partial charge on any atom is -0.211 e. The zero-order valence-electron chi connectivity index (χ0n) is 10.4. The van der Waals surface area contributed by atoms with Crippen LogP contribution in [-0.4, -0.2) is 15.0 Å². The first-order valence-electron chi connectivity index (χ1n) is 6.22. The van der Waals surface area contributed by atoms with Crippen molar-refractivity contribution in [3.63, 3.8) is 0 Å². The van der Waals surface area contributed by atoms with E-state index in [9.17, 15) is 8.42 Å². The molecule has 1 aromatic carbocycles. The van der Waals surface area contributed by atoms with Gasteiger partial charge in [-0.25, -0.2) is 13.1 Å². The van der Waals surface area contributed by atoms with Gasteiger partial charge >= 0.3 is 0 Å². The molecule has 0 bridgehead atoms. The maximum atomic E-state index is 12.0. The standard InChI is InChI=1S/C13H15ClN2O2S/c14-13-8-12(5-4-11(13)9-15)19(17,18)16-7-6-10-2-1-3-10/h4-5,8,10,16H,1-3,6-7H2. The molecule has 0 saturated heterocycles. The maximum Gasteiger partial charge on any atom is 0.240 e. The summed E-state index contributed by atoms with van der Waals surface area (Å²) in [5, 5.41) is 8.91. The predicted molar refractivity (Wildman–Crippen MR) is 73.3 cm³/mol. The zero-order valence-corrected chi connectivity index (χ0v) is 12.0. The Kier molecular flexibility index (Phi) is 4.46. The van der Waals surface area contributed by atoms with E-state index >= 15 is 0 Å². The summed E-state index contributed by atoms with van der Waals surface area (Å²) in [5.74, 6) is 0.659. The number of hydrogen-bond donors (Lipinski definition) is 1. The Labute approximate surface area is 118 Å². The molecule has 0 aliphatic heterocycles. The first kappa shape index (κ1) is 14.3. The molecule has 102 valence electrons. The van der Waals surface area contributed by atoms with Crippen LogP contribution in [0.25, 0.3) is 0 Å². The van der Waals surface area contributed by atoms with E-state index in [1.807, 2.05) is 6.07 Å². The third-order valence-electron chi connectivity index (χ3n) is 3.44. The lowest BCUT2D eigenvalue weighted by molar-refractivity contribution is 0.297. The smallest absolute Gasteiger partial charge is 0.211 e. The summed E-state index contributed by atoms with van der Waals surface area (Å²) in [6.45, 7) is 0.449. The number of nitrogens with one attached hydrogen (secondary N) is 1. The molecule has 0 heterocycles. The SMILES string of the molecule is N#Cc1ccc(S(=O)(=O)NCCC2CCC2)cc1Cl. The van der Waals surface area contributed by atoms with Crippen molar-refractivity contribution in [2.24, 2.45) is 5.92 Å². The minimum atomic E-state index is -3.53. The number of sulfonamides is 1. The molecule has 1 saturated carbocycles. The molecule has 6 heteroatoms. The number of nitriles is 1. The van der Waals surface area contributed by atoms with Gasteiger partial charge in [-0.05, 0) is 30.5 Å². The lowest BCUT2D eigenvalue weighted by Gasteiger charge is -2.25. The Balaban J connectivity index is 2.02. The Bertz CT molecular complexity index is 604. The Morgan fingerprint density at radius 2 is 2.16 bits per heavy atom. The lowest BCUT2D eigenvalue weighted by atomic mass is 9.83. The normalized spacial score (nSPS) is 15.8. The molecule has 1 fully saturated rings. The van der Waals surface area contributed by atoms with Crippen LogP contribution in [0.1, 0.15) is 31.2 Å². The Hall–Kier alpha value is -1.09. The Morgan fingerprint density at radius 3 is 2.68 bits per heavy atom. The van der Waals surface area contributed by atoms with Crippen LogP contribution in [0, 0.1) is 17.2 Å². The summed E-state index contributed by atoms with van der Waals surface area (Å²) in [4.78, 5) is 0.102. The third kappa shape index (κ3) is 3.47. The molecule has 0 unspecified atom stereocenters. The molecule has 0 amide bonds. The van der Waals surface area contributed by atoms with Gasteiger partial charge in [0.1, 0.15) is 6.07 Å². The maximum absolute atomic E-state index is 12.0. The van der Waals surface area contributed by atoms with Crippen molar-refractivity contribution in [3.05, 3.63) is 28.8 Å². The van der Waals surface area contributed by atoms with E-state index in [0.29, 0.717) is 12.5 Å². The topological polar surface area (TPSA) is 70.0 Å². The van der Waals surface area contributed by atoms with Crippen molar-refractivity contribution < 1.29 is 8.42 Å². The van der Waals surface area contributed by atoms with Crippen molar-refractivity contribution in [2.45, 2.75) is 30.6 Å². The van der Waals surface area contributed by atoms with Gasteiger partial charge in [0.05, 0.1) is 15.5 Å². The molecule has 1 aliphatic rings. The van der Waals surface area contributed by atoms with Crippen LogP contribution in [0.15, 0.2) is 23.1 Å². The summed E-state index contributed by atoms with van der Waals surface area (Å²) in [7, 11) is -3.53. The fraction of sp³-hybridized carbons (Fsp3) is 0.462. The first-order valence-corrected chi connectivity index (χ1v) is 8.08. The highest BCUT2D eigenvalue weighted by atomic mass is 35.5. The van der Waals surface area contributed by atoms with Crippen LogP contribution in [0.2, 0.25) is 5.02 Å². The van der Waals surface area contributed by atoms with Crippen molar-refractivity contribution >= 4 is 21.6 Å². The van der Waals surface area contributed by atoms with Crippen LogP contribution >= 0.6 is 11.6 Å². The number of halogens is 1. The van der Waals surface area contributed by atoms with Crippen molar-refractivity contribution in [2.75, 3.05) is 6.54 Å². The summed E-state index contributed by atoms with van der Waals surface area (Å²) >= 11 is 5.84. The molecular weight excluding hydrogens is 284 g/mol. The average Bonchev–Trinajstić information content (AvgIpc) is 2.32. The number of benzene rings is 1. The van der Waals surface area contributed by atoms with E-state index in [0.717, 1.165) is 6.42 Å². The quantitative estimate of drug-likeness (QED) is 0.908. The van der Waals surface area contributed by atoms with E-state index in [2.05, 4.69) is 4.72 Å². The van der Waals surface area contributed by atoms with Gasteiger partial charge in [0.2, 0.25) is 10.0 Å². The van der Waals surface area contributed by atoms with Crippen molar-refractivity contribution in [1.29, 1.82) is 5.26 Å². The highest BCUT2D eigenvalue weighted by molar-refractivity contribution is 7.89. The van der Waals surface area contributed by atoms with Gasteiger partial charge in [-0.1, -0.05) is 30.9 Å². The minimum absolute atomic E-state index is 0.102. The van der Waals surface area contributed by atoms with E-state index in [1.165, 1.54) is 37.5 Å². The van der Waals surface area contributed by atoms with E-state index in [-0.39, 0.29) is 15.5 Å². The summed E-state index contributed by atoms with van der Waals surface area (Å²) in [6.07, 6.45) is 4.53. The lowest BCUT2D eigenvalue weighted by Crippen LogP contribution is -2.27. The molecule has 19 heavy (non-hydrogen) atoms. The molecule has 4 nitrogen and oxygen atoms in total. The predicted octanol–water partition coefficient (Wildman–Crippen LogP) is 2.68. The monoisotopic (exact) mass is 298 g/mol. The largest absolute Gasteiger partial charge is 0.240 e. The Morgan fingerprint density at radius 1 is 1.42 bits per heavy atom. The van der Waals surface area contributed by atoms with Gasteiger partial charge in [0, 0.05) is 6.54 Å². The summed E-state index contributed by atoms with van der Waals surface area (Å²) < 4.78 is 26.6. The van der Waals surface area contributed by atoms with Gasteiger partial charge in [0.25, 0.3) is 0 Å². The zero-order chi connectivity index (χ0) is 13.9. The van der Waals surface area contributed by atoms with Gasteiger partial charge < -0.3 is 0 Å². The third-order valence-corrected chi connectivity index (χ3v) is 5.21. The number of nitrogens with zero attached hydrogens (tertiary/aromatic N) is 1. The fourth-order valence-corrected chi connectivity index (χ4v) is 3.38. The van der Waals surface area contributed by atoms with Gasteiger partial charge in [0.15, 0.2) is 0 Å². The van der Waals surface area contributed by atoms with Gasteiger partial charge in [-0.2, -0.15) is 5.26 Å². The van der Waals surface area contributed by atoms with Crippen LogP contribution in [0.4, 0.5) is 0 Å². The van der Waals surface area contributed by atoms with Crippen molar-refractivity contribution in [3.8, 4) is 6.07 Å². The molecule has 1 aliphatic carbocycles. The highest BCUT2D eigenvalue weighted by Gasteiger charge is 2.19. The second-order valence-electron chi connectivity index (χ2n) is 4.74. The average molecular weight is 299 g/mol. The van der Waals surface area contributed by atoms with Gasteiger partial charge in [-0.15, -0.1) is 0 Å². The van der Waals surface area contributed by atoms with E-state index in [1.54, 1.807) is 0 Å². The van der Waals surface area contributed by atoms with Crippen LogP contribution in [0.5, 0.6) is 0 Å². The van der Waals surface area contributed by atoms with Crippen LogP contribution in [-0.2, 0) is 10.0 Å². The van der Waals surface area contributed by atoms with Crippen molar-refractivity contribution in [1.82, 2.24) is 4.72 Å². The van der Waals surface area contributed by atoms with E-state index < -0.39 is 10.0 Å². The molecule has 2 rings (SSSR count). The second kappa shape index (κ2) is 5.91. The molecule has 0 spiro atoms. The van der Waals surface area contributed by atoms with Crippen LogP contribution in [0.3, 0.4) is 0 Å². The molecular formula is C13H15ClN2O2S. The second-order valence-corrected chi connectivity index (χ2v) is 6.91.